The first-order chi connectivity index (χ1) is 5.27. The standard InChI is InChI=1S/C7H14INO2/c1-11-4-5-2-6(9-8)7(10)3-5/h5-7,9-10H,2-4H2,1H3. The molecular weight excluding hydrogens is 257 g/mol. The van der Waals surface area contributed by atoms with E-state index < -0.39 is 0 Å². The van der Waals surface area contributed by atoms with E-state index in [1.165, 1.54) is 0 Å². The topological polar surface area (TPSA) is 41.5 Å². The van der Waals surface area contributed by atoms with Crippen LogP contribution in [-0.2, 0) is 4.74 Å². The molecule has 4 heteroatoms. The van der Waals surface area contributed by atoms with Crippen molar-refractivity contribution in [3.05, 3.63) is 0 Å². The van der Waals surface area contributed by atoms with Crippen molar-refractivity contribution in [3.8, 4) is 0 Å². The van der Waals surface area contributed by atoms with Gasteiger partial charge < -0.3 is 9.84 Å². The summed E-state index contributed by atoms with van der Waals surface area (Å²) in [5.74, 6) is 0.530. The molecule has 0 heterocycles. The quantitative estimate of drug-likeness (QED) is 0.587. The maximum atomic E-state index is 9.46. The minimum absolute atomic E-state index is 0.188. The van der Waals surface area contributed by atoms with Gasteiger partial charge in [0.05, 0.1) is 6.10 Å². The van der Waals surface area contributed by atoms with Crippen LogP contribution in [0.1, 0.15) is 12.8 Å². The molecule has 0 saturated heterocycles. The van der Waals surface area contributed by atoms with Crippen LogP contribution in [0.3, 0.4) is 0 Å². The Bertz CT molecular complexity index is 123. The summed E-state index contributed by atoms with van der Waals surface area (Å²) in [5, 5.41) is 9.46. The number of ether oxygens (including phenoxy) is 1. The third-order valence-electron chi connectivity index (χ3n) is 2.17. The Kier molecular flexibility index (Phi) is 4.05. The van der Waals surface area contributed by atoms with Gasteiger partial charge in [0.25, 0.3) is 0 Å². The molecule has 0 aromatic heterocycles. The van der Waals surface area contributed by atoms with Gasteiger partial charge in [0.15, 0.2) is 0 Å². The first-order valence-corrected chi connectivity index (χ1v) is 4.89. The highest BCUT2D eigenvalue weighted by Crippen LogP contribution is 2.26. The zero-order valence-corrected chi connectivity index (χ0v) is 8.74. The molecule has 1 rings (SSSR count). The molecule has 2 N–H and O–H groups in total. The Labute approximate surface area is 81.0 Å². The van der Waals surface area contributed by atoms with Crippen LogP contribution in [0.2, 0.25) is 0 Å². The zero-order chi connectivity index (χ0) is 8.27. The highest BCUT2D eigenvalue weighted by atomic mass is 127. The number of halogens is 1. The number of nitrogens with one attached hydrogen (secondary N) is 1. The van der Waals surface area contributed by atoms with Gasteiger partial charge in [-0.25, -0.2) is 0 Å². The van der Waals surface area contributed by atoms with Crippen molar-refractivity contribution in [2.75, 3.05) is 13.7 Å². The summed E-state index contributed by atoms with van der Waals surface area (Å²) in [5.41, 5.74) is 0. The molecule has 0 aromatic rings. The molecule has 0 spiro atoms. The van der Waals surface area contributed by atoms with Crippen molar-refractivity contribution in [1.82, 2.24) is 3.53 Å². The first-order valence-electron chi connectivity index (χ1n) is 3.81. The van der Waals surface area contributed by atoms with Gasteiger partial charge in [-0.05, 0) is 18.8 Å². The van der Waals surface area contributed by atoms with E-state index in [0.717, 1.165) is 19.4 Å². The van der Waals surface area contributed by atoms with Gasteiger partial charge in [-0.3, -0.25) is 3.53 Å². The van der Waals surface area contributed by atoms with Gasteiger partial charge in [-0.1, -0.05) is 0 Å². The maximum absolute atomic E-state index is 9.46. The Balaban J connectivity index is 2.30. The predicted molar refractivity (Wildman–Crippen MR) is 51.6 cm³/mol. The Morgan fingerprint density at radius 2 is 2.36 bits per heavy atom. The molecule has 1 fully saturated rings. The van der Waals surface area contributed by atoms with E-state index in [2.05, 4.69) is 26.4 Å². The van der Waals surface area contributed by atoms with E-state index in [1.54, 1.807) is 7.11 Å². The lowest BCUT2D eigenvalue weighted by Crippen LogP contribution is -2.28. The van der Waals surface area contributed by atoms with E-state index in [4.69, 9.17) is 4.74 Å². The summed E-state index contributed by atoms with van der Waals surface area (Å²) in [6.07, 6.45) is 1.71. The predicted octanol–water partition coefficient (Wildman–Crippen LogP) is 0.712. The van der Waals surface area contributed by atoms with Crippen LogP contribution in [0.25, 0.3) is 0 Å². The van der Waals surface area contributed by atoms with Crippen LogP contribution in [0, 0.1) is 5.92 Å². The number of methoxy groups -OCH3 is 1. The molecule has 0 aliphatic heterocycles. The lowest BCUT2D eigenvalue weighted by molar-refractivity contribution is 0.132. The lowest BCUT2D eigenvalue weighted by Gasteiger charge is -2.09. The smallest absolute Gasteiger partial charge is 0.0704 e. The first kappa shape index (κ1) is 9.70. The second-order valence-corrected chi connectivity index (χ2v) is 3.70. The minimum atomic E-state index is -0.188. The van der Waals surface area contributed by atoms with E-state index in [9.17, 15) is 5.11 Å². The molecule has 3 nitrogen and oxygen atoms in total. The van der Waals surface area contributed by atoms with Crippen molar-refractivity contribution < 1.29 is 9.84 Å². The van der Waals surface area contributed by atoms with E-state index >= 15 is 0 Å². The lowest BCUT2D eigenvalue weighted by atomic mass is 10.1. The second kappa shape index (κ2) is 4.59. The molecule has 66 valence electrons. The summed E-state index contributed by atoms with van der Waals surface area (Å²) < 4.78 is 8.09. The molecule has 1 aliphatic carbocycles. The van der Waals surface area contributed by atoms with Crippen molar-refractivity contribution >= 4 is 22.9 Å². The molecule has 11 heavy (non-hydrogen) atoms. The SMILES string of the molecule is COCC1CC(O)C(NI)C1. The molecule has 0 radical (unpaired) electrons. The Morgan fingerprint density at radius 3 is 2.82 bits per heavy atom. The maximum Gasteiger partial charge on any atom is 0.0704 e. The van der Waals surface area contributed by atoms with Gasteiger partial charge in [0.2, 0.25) is 0 Å². The normalized spacial score (nSPS) is 37.9. The molecule has 0 bridgehead atoms. The molecule has 0 amide bonds. The van der Waals surface area contributed by atoms with Gasteiger partial charge in [-0.2, -0.15) is 0 Å². The molecular formula is C7H14INO2. The highest BCUT2D eigenvalue weighted by Gasteiger charge is 2.31. The fourth-order valence-corrected chi connectivity index (χ4v) is 2.28. The average molecular weight is 271 g/mol. The van der Waals surface area contributed by atoms with Crippen LogP contribution < -0.4 is 3.53 Å². The van der Waals surface area contributed by atoms with Crippen molar-refractivity contribution in [2.24, 2.45) is 5.92 Å². The molecule has 3 unspecified atom stereocenters. The molecule has 1 aliphatic rings. The Morgan fingerprint density at radius 1 is 1.64 bits per heavy atom. The van der Waals surface area contributed by atoms with Gasteiger partial charge in [0.1, 0.15) is 0 Å². The van der Waals surface area contributed by atoms with Crippen LogP contribution in [0.4, 0.5) is 0 Å². The molecule has 1 saturated carbocycles. The zero-order valence-electron chi connectivity index (χ0n) is 6.59. The average Bonchev–Trinajstić information content (AvgIpc) is 2.32. The number of aliphatic hydroxyl groups is 1. The van der Waals surface area contributed by atoms with Crippen molar-refractivity contribution in [1.29, 1.82) is 0 Å². The van der Waals surface area contributed by atoms with E-state index in [1.807, 2.05) is 0 Å². The summed E-state index contributed by atoms with van der Waals surface area (Å²) in [4.78, 5) is 0. The summed E-state index contributed by atoms with van der Waals surface area (Å²) in [7, 11) is 1.71. The van der Waals surface area contributed by atoms with E-state index in [-0.39, 0.29) is 12.1 Å². The summed E-state index contributed by atoms with van der Waals surface area (Å²) in [6.45, 7) is 0.770. The monoisotopic (exact) mass is 271 g/mol. The van der Waals surface area contributed by atoms with Gasteiger partial charge >= 0.3 is 0 Å². The molecule has 0 aromatic carbocycles. The van der Waals surface area contributed by atoms with E-state index in [0.29, 0.717) is 5.92 Å². The number of aliphatic hydroxyl groups excluding tert-OH is 1. The number of hydrogen-bond donors (Lipinski definition) is 2. The minimum Gasteiger partial charge on any atom is -0.391 e. The Hall–Kier alpha value is 0.610. The van der Waals surface area contributed by atoms with Crippen LogP contribution in [0.5, 0.6) is 0 Å². The van der Waals surface area contributed by atoms with Gasteiger partial charge in [0, 0.05) is 42.6 Å². The molecule has 3 atom stereocenters. The second-order valence-electron chi connectivity index (χ2n) is 3.08. The summed E-state index contributed by atoms with van der Waals surface area (Å²) in [6, 6.07) is 0.260. The fraction of sp³-hybridized carbons (Fsp3) is 1.00. The van der Waals surface area contributed by atoms with Crippen LogP contribution in [0.15, 0.2) is 0 Å². The fourth-order valence-electron chi connectivity index (χ4n) is 1.61. The van der Waals surface area contributed by atoms with Crippen molar-refractivity contribution in [3.63, 3.8) is 0 Å². The van der Waals surface area contributed by atoms with Crippen LogP contribution in [-0.4, -0.2) is 31.0 Å². The van der Waals surface area contributed by atoms with Crippen molar-refractivity contribution in [2.45, 2.75) is 25.0 Å². The number of hydrogen-bond acceptors (Lipinski definition) is 3. The highest BCUT2D eigenvalue weighted by molar-refractivity contribution is 14.1. The van der Waals surface area contributed by atoms with Crippen LogP contribution >= 0.6 is 22.9 Å². The summed E-state index contributed by atoms with van der Waals surface area (Å²) >= 11 is 2.09. The number of rotatable bonds is 3. The third kappa shape index (κ3) is 2.54. The largest absolute Gasteiger partial charge is 0.391 e. The third-order valence-corrected chi connectivity index (χ3v) is 2.97. The van der Waals surface area contributed by atoms with Gasteiger partial charge in [-0.15, -0.1) is 0 Å².